The summed E-state index contributed by atoms with van der Waals surface area (Å²) in [7, 11) is 0. The van der Waals surface area contributed by atoms with Gasteiger partial charge < -0.3 is 9.80 Å². The van der Waals surface area contributed by atoms with Crippen LogP contribution in [0.15, 0.2) is 18.2 Å². The first-order chi connectivity index (χ1) is 9.06. The van der Waals surface area contributed by atoms with E-state index in [1.807, 2.05) is 12.1 Å². The number of amides is 2. The van der Waals surface area contributed by atoms with Gasteiger partial charge >= 0.3 is 0 Å². The molecule has 0 atom stereocenters. The summed E-state index contributed by atoms with van der Waals surface area (Å²) in [5.41, 5.74) is 0. The molecule has 1 aliphatic heterocycles. The summed E-state index contributed by atoms with van der Waals surface area (Å²) in [6.07, 6.45) is 3.34. The van der Waals surface area contributed by atoms with E-state index in [0.717, 1.165) is 4.88 Å². The Kier molecular flexibility index (Phi) is 4.61. The molecule has 0 bridgehead atoms. The fraction of sp³-hybridized carbons (Fsp3) is 0.385. The minimum Gasteiger partial charge on any atom is -0.339 e. The molecule has 6 heteroatoms. The minimum absolute atomic E-state index is 0.0206. The summed E-state index contributed by atoms with van der Waals surface area (Å²) >= 11 is 7.26. The molecule has 102 valence electrons. The second-order valence-corrected chi connectivity index (χ2v) is 6.05. The second-order valence-electron chi connectivity index (χ2n) is 4.31. The van der Waals surface area contributed by atoms with Gasteiger partial charge in [-0.3, -0.25) is 9.59 Å². The molecule has 0 N–H and O–H groups in total. The van der Waals surface area contributed by atoms with Crippen molar-refractivity contribution >= 4 is 40.8 Å². The van der Waals surface area contributed by atoms with Crippen LogP contribution in [0.25, 0.3) is 6.08 Å². The summed E-state index contributed by atoms with van der Waals surface area (Å²) in [5.74, 6) is 0.0450. The fourth-order valence-corrected chi connectivity index (χ4v) is 2.88. The number of hydrogen-bond donors (Lipinski definition) is 0. The Morgan fingerprint density at radius 3 is 2.37 bits per heavy atom. The summed E-state index contributed by atoms with van der Waals surface area (Å²) in [6, 6.07) is 3.69. The molecule has 2 amide bonds. The monoisotopic (exact) mass is 298 g/mol. The molecular formula is C13H15ClN2O2S. The molecule has 0 unspecified atom stereocenters. The van der Waals surface area contributed by atoms with E-state index in [-0.39, 0.29) is 11.8 Å². The summed E-state index contributed by atoms with van der Waals surface area (Å²) < 4.78 is 0.710. The van der Waals surface area contributed by atoms with Gasteiger partial charge in [-0.25, -0.2) is 0 Å². The Hall–Kier alpha value is -1.33. The van der Waals surface area contributed by atoms with Gasteiger partial charge in [-0.1, -0.05) is 11.6 Å². The van der Waals surface area contributed by atoms with Crippen molar-refractivity contribution in [2.75, 3.05) is 26.2 Å². The van der Waals surface area contributed by atoms with Crippen molar-refractivity contribution in [3.8, 4) is 0 Å². The van der Waals surface area contributed by atoms with Gasteiger partial charge in [0.25, 0.3) is 0 Å². The van der Waals surface area contributed by atoms with E-state index in [0.29, 0.717) is 30.5 Å². The maximum absolute atomic E-state index is 12.0. The SMILES string of the molecule is CC(=O)N1CCN(C(=O)/C=C/c2ccc(Cl)s2)CC1. The van der Waals surface area contributed by atoms with Crippen LogP contribution in [0.5, 0.6) is 0 Å². The fourth-order valence-electron chi connectivity index (χ4n) is 1.92. The van der Waals surface area contributed by atoms with Crippen molar-refractivity contribution in [2.24, 2.45) is 0 Å². The molecule has 0 saturated carbocycles. The van der Waals surface area contributed by atoms with Crippen LogP contribution in [-0.2, 0) is 9.59 Å². The molecule has 19 heavy (non-hydrogen) atoms. The molecule has 0 aliphatic carbocycles. The summed E-state index contributed by atoms with van der Waals surface area (Å²) in [5, 5.41) is 0. The van der Waals surface area contributed by atoms with Crippen molar-refractivity contribution in [1.29, 1.82) is 0 Å². The topological polar surface area (TPSA) is 40.6 Å². The molecule has 2 rings (SSSR count). The van der Waals surface area contributed by atoms with Gasteiger partial charge in [0, 0.05) is 44.1 Å². The third-order valence-corrected chi connectivity index (χ3v) is 4.22. The van der Waals surface area contributed by atoms with Crippen LogP contribution in [0.2, 0.25) is 4.34 Å². The van der Waals surface area contributed by atoms with Crippen molar-refractivity contribution in [3.63, 3.8) is 0 Å². The number of thiophene rings is 1. The first kappa shape index (κ1) is 14.1. The third kappa shape index (κ3) is 3.81. The average Bonchev–Trinajstić information content (AvgIpc) is 2.82. The molecule has 2 heterocycles. The van der Waals surface area contributed by atoms with Crippen LogP contribution in [-0.4, -0.2) is 47.8 Å². The van der Waals surface area contributed by atoms with Gasteiger partial charge in [-0.15, -0.1) is 11.3 Å². The zero-order valence-electron chi connectivity index (χ0n) is 10.6. The Bertz CT molecular complexity index is 504. The van der Waals surface area contributed by atoms with Crippen molar-refractivity contribution in [1.82, 2.24) is 9.80 Å². The highest BCUT2D eigenvalue weighted by Gasteiger charge is 2.20. The minimum atomic E-state index is -0.0206. The van der Waals surface area contributed by atoms with E-state index >= 15 is 0 Å². The average molecular weight is 299 g/mol. The second kappa shape index (κ2) is 6.21. The zero-order valence-corrected chi connectivity index (χ0v) is 12.2. The first-order valence-electron chi connectivity index (χ1n) is 6.04. The van der Waals surface area contributed by atoms with Crippen molar-refractivity contribution in [3.05, 3.63) is 27.4 Å². The highest BCUT2D eigenvalue weighted by molar-refractivity contribution is 7.17. The van der Waals surface area contributed by atoms with E-state index in [4.69, 9.17) is 11.6 Å². The van der Waals surface area contributed by atoms with Gasteiger partial charge in [0.1, 0.15) is 0 Å². The maximum atomic E-state index is 12.0. The molecule has 4 nitrogen and oxygen atoms in total. The van der Waals surface area contributed by atoms with Crippen LogP contribution in [0, 0.1) is 0 Å². The number of hydrogen-bond acceptors (Lipinski definition) is 3. The van der Waals surface area contributed by atoms with Gasteiger partial charge in [-0.2, -0.15) is 0 Å². The summed E-state index contributed by atoms with van der Waals surface area (Å²) in [6.45, 7) is 3.96. The smallest absolute Gasteiger partial charge is 0.246 e. The van der Waals surface area contributed by atoms with E-state index in [2.05, 4.69) is 0 Å². The lowest BCUT2D eigenvalue weighted by molar-refractivity contribution is -0.135. The van der Waals surface area contributed by atoms with Crippen molar-refractivity contribution in [2.45, 2.75) is 6.92 Å². The lowest BCUT2D eigenvalue weighted by Gasteiger charge is -2.33. The molecule has 1 saturated heterocycles. The number of carbonyl (C=O) groups is 2. The number of nitrogens with zero attached hydrogens (tertiary/aromatic N) is 2. The summed E-state index contributed by atoms with van der Waals surface area (Å²) in [4.78, 5) is 27.6. The molecular weight excluding hydrogens is 284 g/mol. The number of carbonyl (C=O) groups excluding carboxylic acids is 2. The molecule has 1 aromatic heterocycles. The van der Waals surface area contributed by atoms with Crippen molar-refractivity contribution < 1.29 is 9.59 Å². The van der Waals surface area contributed by atoms with Gasteiger partial charge in [0.05, 0.1) is 4.34 Å². The largest absolute Gasteiger partial charge is 0.339 e. The van der Waals surface area contributed by atoms with Crippen LogP contribution < -0.4 is 0 Å². The molecule has 0 aromatic carbocycles. The Morgan fingerprint density at radius 1 is 1.21 bits per heavy atom. The predicted octanol–water partition coefficient (Wildman–Crippen LogP) is 2.11. The van der Waals surface area contributed by atoms with E-state index in [1.165, 1.54) is 11.3 Å². The van der Waals surface area contributed by atoms with Crippen LogP contribution in [0.1, 0.15) is 11.8 Å². The number of piperazine rings is 1. The lowest BCUT2D eigenvalue weighted by atomic mass is 10.3. The third-order valence-electron chi connectivity index (χ3n) is 3.02. The normalized spacial score (nSPS) is 16.1. The standard InChI is InChI=1S/C13H15ClN2O2S/c1-10(17)15-6-8-16(9-7-15)13(18)5-3-11-2-4-12(14)19-11/h2-5H,6-9H2,1H3/b5-3+. The predicted molar refractivity (Wildman–Crippen MR) is 77.2 cm³/mol. The van der Waals surface area contributed by atoms with E-state index in [1.54, 1.807) is 28.9 Å². The molecule has 1 aromatic rings. The van der Waals surface area contributed by atoms with E-state index < -0.39 is 0 Å². The Morgan fingerprint density at radius 2 is 1.84 bits per heavy atom. The highest BCUT2D eigenvalue weighted by Crippen LogP contribution is 2.22. The Labute approximate surface area is 121 Å². The van der Waals surface area contributed by atoms with Crippen LogP contribution >= 0.6 is 22.9 Å². The highest BCUT2D eigenvalue weighted by atomic mass is 35.5. The lowest BCUT2D eigenvalue weighted by Crippen LogP contribution is -2.49. The molecule has 1 fully saturated rings. The Balaban J connectivity index is 1.88. The molecule has 0 radical (unpaired) electrons. The van der Waals surface area contributed by atoms with Gasteiger partial charge in [-0.05, 0) is 18.2 Å². The maximum Gasteiger partial charge on any atom is 0.246 e. The van der Waals surface area contributed by atoms with Gasteiger partial charge in [0.2, 0.25) is 11.8 Å². The molecule has 1 aliphatic rings. The van der Waals surface area contributed by atoms with Crippen LogP contribution in [0.4, 0.5) is 0 Å². The quantitative estimate of drug-likeness (QED) is 0.785. The molecule has 0 spiro atoms. The number of rotatable bonds is 2. The first-order valence-corrected chi connectivity index (χ1v) is 7.23. The van der Waals surface area contributed by atoms with E-state index in [9.17, 15) is 9.59 Å². The van der Waals surface area contributed by atoms with Gasteiger partial charge in [0.15, 0.2) is 0 Å². The zero-order chi connectivity index (χ0) is 13.8. The van der Waals surface area contributed by atoms with Crippen LogP contribution in [0.3, 0.4) is 0 Å². The number of halogens is 1.